The van der Waals surface area contributed by atoms with Gasteiger partial charge in [-0.15, -0.1) is 0 Å². The van der Waals surface area contributed by atoms with Crippen LogP contribution in [-0.4, -0.2) is 97.0 Å². The van der Waals surface area contributed by atoms with E-state index in [-0.39, 0.29) is 78.4 Å². The first-order chi connectivity index (χ1) is 15.2. The predicted octanol–water partition coefficient (Wildman–Crippen LogP) is -4.31. The number of amides is 1. The molecule has 0 saturated carbocycles. The SMILES string of the molecule is CCOc1ccc(C[C@@H](CN2CCN(CC(=O)[O-])CC2=O)N(CC(=O)[O-])CC(=O)[O-])cc1.[Gd+3]. The normalized spacial score (nSPS) is 15.1. The Bertz CT molecular complexity index is 804. The van der Waals surface area contributed by atoms with Crippen molar-refractivity contribution in [3.05, 3.63) is 29.8 Å². The van der Waals surface area contributed by atoms with Gasteiger partial charge in [0.05, 0.1) is 31.1 Å². The van der Waals surface area contributed by atoms with Crippen molar-refractivity contribution in [1.29, 1.82) is 0 Å². The minimum atomic E-state index is -1.45. The van der Waals surface area contributed by atoms with Crippen LogP contribution >= 0.6 is 0 Å². The molecule has 0 unspecified atom stereocenters. The molecule has 1 atom stereocenters. The molecule has 0 aliphatic carbocycles. The van der Waals surface area contributed by atoms with E-state index in [1.807, 2.05) is 6.92 Å². The Morgan fingerprint density at radius 1 is 1.03 bits per heavy atom. The fraction of sp³-hybridized carbons (Fsp3) is 0.524. The maximum absolute atomic E-state index is 12.5. The first kappa shape index (κ1) is 29.2. The van der Waals surface area contributed by atoms with Crippen LogP contribution in [0.25, 0.3) is 0 Å². The van der Waals surface area contributed by atoms with Gasteiger partial charge in [-0.05, 0) is 31.0 Å². The Morgan fingerprint density at radius 3 is 2.12 bits per heavy atom. The number of carboxylic acids is 3. The van der Waals surface area contributed by atoms with Crippen molar-refractivity contribution in [2.24, 2.45) is 0 Å². The van der Waals surface area contributed by atoms with Crippen LogP contribution in [0.4, 0.5) is 0 Å². The van der Waals surface area contributed by atoms with E-state index < -0.39 is 37.0 Å². The van der Waals surface area contributed by atoms with Crippen molar-refractivity contribution in [1.82, 2.24) is 14.7 Å². The molecular formula is C21H26GdN3O8. The molecule has 2 rings (SSSR count). The molecule has 181 valence electrons. The maximum atomic E-state index is 12.5. The van der Waals surface area contributed by atoms with Gasteiger partial charge < -0.3 is 39.3 Å². The molecule has 12 heteroatoms. The molecular weight excluding hydrogens is 579 g/mol. The van der Waals surface area contributed by atoms with Crippen LogP contribution < -0.4 is 20.1 Å². The smallest absolute Gasteiger partial charge is 0.549 e. The Hall–Kier alpha value is -1.86. The van der Waals surface area contributed by atoms with Gasteiger partial charge >= 0.3 is 39.9 Å². The number of carboxylic acid groups (broad SMARTS) is 3. The molecule has 1 heterocycles. The average molecular weight is 606 g/mol. The van der Waals surface area contributed by atoms with E-state index in [2.05, 4.69) is 0 Å². The Morgan fingerprint density at radius 2 is 1.64 bits per heavy atom. The number of aliphatic carboxylic acids is 3. The third-order valence-electron chi connectivity index (χ3n) is 5.07. The summed E-state index contributed by atoms with van der Waals surface area (Å²) in [6.45, 7) is 1.16. The van der Waals surface area contributed by atoms with Gasteiger partial charge in [0.2, 0.25) is 5.91 Å². The topological polar surface area (TPSA) is 156 Å². The Balaban J connectivity index is 0.00000544. The van der Waals surface area contributed by atoms with Crippen LogP contribution in [0.3, 0.4) is 0 Å². The molecule has 1 fully saturated rings. The van der Waals surface area contributed by atoms with E-state index in [1.165, 1.54) is 14.7 Å². The van der Waals surface area contributed by atoms with Gasteiger partial charge in [-0.1, -0.05) is 12.1 Å². The molecule has 1 aliphatic heterocycles. The Labute approximate surface area is 224 Å². The summed E-state index contributed by atoms with van der Waals surface area (Å²) in [5.74, 6) is -3.86. The second-order valence-corrected chi connectivity index (χ2v) is 7.51. The van der Waals surface area contributed by atoms with E-state index in [9.17, 15) is 34.5 Å². The Kier molecular flexibility index (Phi) is 12.7. The van der Waals surface area contributed by atoms with Crippen molar-refractivity contribution in [2.75, 3.05) is 52.4 Å². The van der Waals surface area contributed by atoms with Gasteiger partial charge in [0.15, 0.2) is 0 Å². The molecule has 1 radical (unpaired) electrons. The van der Waals surface area contributed by atoms with Crippen molar-refractivity contribution >= 4 is 23.8 Å². The van der Waals surface area contributed by atoms with E-state index in [0.29, 0.717) is 18.9 Å². The number of benzene rings is 1. The molecule has 1 aromatic rings. The zero-order valence-corrected chi connectivity index (χ0v) is 20.5. The summed E-state index contributed by atoms with van der Waals surface area (Å²) >= 11 is 0. The molecule has 1 amide bonds. The molecule has 0 spiro atoms. The van der Waals surface area contributed by atoms with E-state index in [4.69, 9.17) is 4.74 Å². The largest absolute Gasteiger partial charge is 3.00 e. The summed E-state index contributed by atoms with van der Waals surface area (Å²) in [4.78, 5) is 49.9. The number of ether oxygens (including phenoxy) is 1. The van der Waals surface area contributed by atoms with Gasteiger partial charge in [-0.3, -0.25) is 14.6 Å². The summed E-state index contributed by atoms with van der Waals surface area (Å²) < 4.78 is 5.41. The van der Waals surface area contributed by atoms with Gasteiger partial charge in [0.25, 0.3) is 0 Å². The number of carbonyl (C=O) groups is 4. The average Bonchev–Trinajstić information content (AvgIpc) is 2.69. The maximum Gasteiger partial charge on any atom is 3.00 e. The molecule has 0 N–H and O–H groups in total. The molecule has 0 bridgehead atoms. The number of hydrogen-bond acceptors (Lipinski definition) is 10. The number of nitrogens with zero attached hydrogens (tertiary/aromatic N) is 3. The summed E-state index contributed by atoms with van der Waals surface area (Å²) in [7, 11) is 0. The first-order valence-corrected chi connectivity index (χ1v) is 10.2. The van der Waals surface area contributed by atoms with Crippen LogP contribution in [-0.2, 0) is 25.6 Å². The minimum Gasteiger partial charge on any atom is -0.549 e. The second-order valence-electron chi connectivity index (χ2n) is 7.51. The summed E-state index contributed by atoms with van der Waals surface area (Å²) in [6.07, 6.45) is 0.263. The fourth-order valence-corrected chi connectivity index (χ4v) is 3.64. The van der Waals surface area contributed by atoms with Crippen LogP contribution in [0.5, 0.6) is 5.75 Å². The summed E-state index contributed by atoms with van der Waals surface area (Å²) in [5.41, 5.74) is 0.795. The van der Waals surface area contributed by atoms with Crippen LogP contribution in [0.15, 0.2) is 24.3 Å². The van der Waals surface area contributed by atoms with Gasteiger partial charge in [-0.2, -0.15) is 0 Å². The third kappa shape index (κ3) is 10.3. The van der Waals surface area contributed by atoms with Crippen molar-refractivity contribution in [3.63, 3.8) is 0 Å². The number of rotatable bonds is 13. The monoisotopic (exact) mass is 606 g/mol. The zero-order chi connectivity index (χ0) is 23.7. The molecule has 1 aliphatic rings. The van der Waals surface area contributed by atoms with Gasteiger partial charge in [0, 0.05) is 45.3 Å². The number of hydrogen-bond donors (Lipinski definition) is 0. The minimum absolute atomic E-state index is 0. The fourth-order valence-electron chi connectivity index (χ4n) is 3.64. The third-order valence-corrected chi connectivity index (χ3v) is 5.07. The first-order valence-electron chi connectivity index (χ1n) is 10.2. The second kappa shape index (κ2) is 14.4. The van der Waals surface area contributed by atoms with E-state index >= 15 is 0 Å². The summed E-state index contributed by atoms with van der Waals surface area (Å²) in [5, 5.41) is 33.3. The molecule has 0 aromatic heterocycles. The quantitative estimate of drug-likeness (QED) is 0.216. The standard InChI is InChI=1S/C21H29N3O8.Gd/c1-2-32-17-5-3-15(4-6-17)9-16(24(13-20(28)29)14-21(30)31)10-23-8-7-22(11-18(23)25)12-19(26)27;/h3-6,16H,2,7-14H2,1H3,(H,26,27)(H,28,29)(H,30,31);/q;+3/p-3/t16-;/m0./s1. The van der Waals surface area contributed by atoms with Gasteiger partial charge in [0.1, 0.15) is 5.75 Å². The van der Waals surface area contributed by atoms with Crippen molar-refractivity contribution < 1.29 is 79.2 Å². The molecule has 33 heavy (non-hydrogen) atoms. The van der Waals surface area contributed by atoms with Crippen LogP contribution in [0, 0.1) is 39.9 Å². The van der Waals surface area contributed by atoms with Gasteiger partial charge in [-0.25, -0.2) is 0 Å². The van der Waals surface area contributed by atoms with E-state index in [0.717, 1.165) is 5.56 Å². The number of piperazine rings is 1. The van der Waals surface area contributed by atoms with Crippen molar-refractivity contribution in [3.8, 4) is 5.75 Å². The predicted molar refractivity (Wildman–Crippen MR) is 105 cm³/mol. The molecule has 11 nitrogen and oxygen atoms in total. The van der Waals surface area contributed by atoms with E-state index in [1.54, 1.807) is 24.3 Å². The van der Waals surface area contributed by atoms with Crippen LogP contribution in [0.1, 0.15) is 12.5 Å². The molecule has 1 saturated heterocycles. The number of carbonyl (C=O) groups excluding carboxylic acids is 4. The van der Waals surface area contributed by atoms with Crippen LogP contribution in [0.2, 0.25) is 0 Å². The van der Waals surface area contributed by atoms with Crippen molar-refractivity contribution in [2.45, 2.75) is 19.4 Å². The zero-order valence-electron chi connectivity index (χ0n) is 18.2. The summed E-state index contributed by atoms with van der Waals surface area (Å²) in [6, 6.07) is 6.42. The molecule has 1 aromatic carbocycles.